The summed E-state index contributed by atoms with van der Waals surface area (Å²) in [7, 11) is 1.70. The average Bonchev–Trinajstić information content (AvgIpc) is 2.64. The van der Waals surface area contributed by atoms with Crippen LogP contribution in [0.1, 0.15) is 22.7 Å². The predicted molar refractivity (Wildman–Crippen MR) is 126 cm³/mol. The van der Waals surface area contributed by atoms with Crippen LogP contribution in [0.15, 0.2) is 24.3 Å². The lowest BCUT2D eigenvalue weighted by molar-refractivity contribution is -0.123. The highest BCUT2D eigenvalue weighted by Gasteiger charge is 2.22. The third-order valence-electron chi connectivity index (χ3n) is 4.15. The fourth-order valence-electron chi connectivity index (χ4n) is 3.04. The van der Waals surface area contributed by atoms with Crippen LogP contribution in [-0.2, 0) is 22.4 Å². The second kappa shape index (κ2) is 12.7. The largest absolute Gasteiger partial charge is 0.506 e. The van der Waals surface area contributed by atoms with E-state index in [9.17, 15) is 5.11 Å². The number of rotatable bonds is 3. The molecule has 0 aromatic heterocycles. The fourth-order valence-corrected chi connectivity index (χ4v) is 5.38. The summed E-state index contributed by atoms with van der Waals surface area (Å²) in [6.45, 7) is 0.408. The number of hydrogen-bond donors (Lipinski definition) is 5. The number of phenolic OH excluding ortho intramolecular Hbond substituents is 1. The first-order valence-corrected chi connectivity index (χ1v) is 10.5. The number of halogens is 2. The second-order valence-corrected chi connectivity index (χ2v) is 8.20. The van der Waals surface area contributed by atoms with E-state index < -0.39 is 0 Å². The Balaban J connectivity index is 0.000000626. The van der Waals surface area contributed by atoms with E-state index in [-0.39, 0.29) is 24.7 Å². The molecule has 10 heteroatoms. The number of anilines is 1. The lowest BCUT2D eigenvalue weighted by atomic mass is 9.89. The third kappa shape index (κ3) is 7.19. The zero-order valence-corrected chi connectivity index (χ0v) is 19.9. The number of hydrogen-bond acceptors (Lipinski definition) is 6. The van der Waals surface area contributed by atoms with Crippen molar-refractivity contribution < 1.29 is 29.6 Å². The minimum Gasteiger partial charge on any atom is -0.506 e. The molecule has 0 aliphatic carbocycles. The average molecular weight is 628 g/mol. The van der Waals surface area contributed by atoms with Crippen LogP contribution >= 0.6 is 45.2 Å². The van der Waals surface area contributed by atoms with Crippen molar-refractivity contribution >= 4 is 63.8 Å². The number of phenols is 1. The van der Waals surface area contributed by atoms with E-state index >= 15 is 0 Å². The second-order valence-electron chi connectivity index (χ2n) is 5.87. The number of fused-ring (bicyclic) bond motifs is 1. The van der Waals surface area contributed by atoms with Crippen LogP contribution in [0.25, 0.3) is 0 Å². The minimum atomic E-state index is -0.250. The molecule has 1 unspecified atom stereocenters. The van der Waals surface area contributed by atoms with Crippen molar-refractivity contribution in [2.75, 3.05) is 19.4 Å². The smallest absolute Gasteiger partial charge is 0.290 e. The lowest BCUT2D eigenvalue weighted by Gasteiger charge is -2.28. The number of nitrogen functional groups attached to an aromatic ring is 1. The van der Waals surface area contributed by atoms with Gasteiger partial charge in [-0.3, -0.25) is 9.59 Å². The number of carbonyl (C=O) groups is 2. The normalized spacial score (nSPS) is 14.2. The Morgan fingerprint density at radius 2 is 1.72 bits per heavy atom. The molecule has 1 aliphatic rings. The van der Waals surface area contributed by atoms with Gasteiger partial charge in [0.1, 0.15) is 11.5 Å². The Morgan fingerprint density at radius 1 is 1.17 bits per heavy atom. The van der Waals surface area contributed by atoms with Gasteiger partial charge in [0.25, 0.3) is 12.9 Å². The summed E-state index contributed by atoms with van der Waals surface area (Å²) in [6.07, 6.45) is 1.80. The molecule has 8 nitrogen and oxygen atoms in total. The van der Waals surface area contributed by atoms with E-state index in [1.165, 1.54) is 16.7 Å². The SMILES string of the molecule is COc1c(I)cc(CC2NCCc3cc(O)c(N)cc32)cc1I.O=CO.O=CO. The topological polar surface area (TPSA) is 142 Å². The quantitative estimate of drug-likeness (QED) is 0.151. The van der Waals surface area contributed by atoms with Crippen LogP contribution in [0.3, 0.4) is 0 Å². The van der Waals surface area contributed by atoms with Crippen molar-refractivity contribution in [2.45, 2.75) is 18.9 Å². The molecule has 0 spiro atoms. The number of carboxylic acid groups (broad SMARTS) is 2. The lowest BCUT2D eigenvalue weighted by Crippen LogP contribution is -2.31. The molecule has 2 aromatic carbocycles. The van der Waals surface area contributed by atoms with Crippen molar-refractivity contribution in [2.24, 2.45) is 0 Å². The van der Waals surface area contributed by atoms with Crippen molar-refractivity contribution in [3.63, 3.8) is 0 Å². The van der Waals surface area contributed by atoms with Gasteiger partial charge in [-0.1, -0.05) is 0 Å². The molecule has 1 heterocycles. The number of aromatic hydroxyl groups is 1. The molecule has 2 aromatic rings. The Hall–Kier alpha value is -1.80. The van der Waals surface area contributed by atoms with Gasteiger partial charge in [0.15, 0.2) is 0 Å². The predicted octanol–water partition coefficient (Wildman–Crippen LogP) is 3.02. The number of nitrogens with one attached hydrogen (secondary N) is 1. The van der Waals surface area contributed by atoms with Gasteiger partial charge in [-0.25, -0.2) is 0 Å². The summed E-state index contributed by atoms with van der Waals surface area (Å²) in [5.74, 6) is 1.11. The van der Waals surface area contributed by atoms with Crippen LogP contribution in [0, 0.1) is 7.14 Å². The summed E-state index contributed by atoms with van der Waals surface area (Å²) in [5.41, 5.74) is 9.96. The molecule has 158 valence electrons. The van der Waals surface area contributed by atoms with Crippen molar-refractivity contribution in [3.05, 3.63) is 48.1 Å². The van der Waals surface area contributed by atoms with E-state index in [4.69, 9.17) is 30.3 Å². The molecular formula is C19H22I2N2O6. The number of benzene rings is 2. The van der Waals surface area contributed by atoms with Gasteiger partial charge in [0.05, 0.1) is 19.9 Å². The third-order valence-corrected chi connectivity index (χ3v) is 5.75. The summed E-state index contributed by atoms with van der Waals surface area (Å²) in [4.78, 5) is 16.7. The van der Waals surface area contributed by atoms with Crippen molar-refractivity contribution in [1.29, 1.82) is 0 Å². The first kappa shape index (κ1) is 25.2. The number of nitrogens with two attached hydrogens (primary N) is 1. The molecule has 0 amide bonds. The Labute approximate surface area is 195 Å². The van der Waals surface area contributed by atoms with Gasteiger partial charge in [-0.2, -0.15) is 0 Å². The van der Waals surface area contributed by atoms with Gasteiger partial charge >= 0.3 is 0 Å². The molecule has 6 N–H and O–H groups in total. The first-order valence-electron chi connectivity index (χ1n) is 8.35. The molecular weight excluding hydrogens is 606 g/mol. The Morgan fingerprint density at radius 3 is 2.24 bits per heavy atom. The maximum atomic E-state index is 9.82. The van der Waals surface area contributed by atoms with E-state index in [2.05, 4.69) is 62.6 Å². The molecule has 0 radical (unpaired) electrons. The van der Waals surface area contributed by atoms with Crippen LogP contribution in [-0.4, -0.2) is 41.9 Å². The van der Waals surface area contributed by atoms with Gasteiger partial charge in [0, 0.05) is 6.04 Å². The van der Waals surface area contributed by atoms with E-state index in [1.807, 2.05) is 6.07 Å². The summed E-state index contributed by atoms with van der Waals surface area (Å²) in [6, 6.07) is 8.26. The van der Waals surface area contributed by atoms with Gasteiger partial charge in [-0.15, -0.1) is 0 Å². The first-order chi connectivity index (χ1) is 13.8. The Kier molecular flexibility index (Phi) is 11.0. The molecule has 0 fully saturated rings. The van der Waals surface area contributed by atoms with Crippen LogP contribution in [0.4, 0.5) is 5.69 Å². The monoisotopic (exact) mass is 628 g/mol. The molecule has 0 saturated carbocycles. The van der Waals surface area contributed by atoms with E-state index in [0.29, 0.717) is 5.69 Å². The van der Waals surface area contributed by atoms with Crippen LogP contribution in [0.2, 0.25) is 0 Å². The maximum absolute atomic E-state index is 9.82. The maximum Gasteiger partial charge on any atom is 0.290 e. The molecule has 29 heavy (non-hydrogen) atoms. The van der Waals surface area contributed by atoms with Crippen LogP contribution < -0.4 is 15.8 Å². The summed E-state index contributed by atoms with van der Waals surface area (Å²) in [5, 5.41) is 27.2. The summed E-state index contributed by atoms with van der Waals surface area (Å²) >= 11 is 4.62. The molecule has 1 aliphatic heterocycles. The summed E-state index contributed by atoms with van der Waals surface area (Å²) < 4.78 is 7.67. The van der Waals surface area contributed by atoms with Crippen molar-refractivity contribution in [1.82, 2.24) is 5.32 Å². The highest BCUT2D eigenvalue weighted by atomic mass is 127. The molecule has 1 atom stereocenters. The van der Waals surface area contributed by atoms with E-state index in [1.54, 1.807) is 13.2 Å². The fraction of sp³-hybridized carbons (Fsp3) is 0.263. The zero-order chi connectivity index (χ0) is 22.0. The van der Waals surface area contributed by atoms with Crippen LogP contribution in [0.5, 0.6) is 11.5 Å². The van der Waals surface area contributed by atoms with E-state index in [0.717, 1.165) is 32.3 Å². The standard InChI is InChI=1S/C17H18I2N2O2.2CH2O2/c1-23-17-12(18)4-9(5-13(17)19)6-15-11-8-14(20)16(22)7-10(11)2-3-21-15;2*2-1-3/h4-5,7-8,15,21-22H,2-3,6,20H2,1H3;2*1H,(H,2,3). The molecule has 0 bridgehead atoms. The Bertz CT molecular complexity index is 819. The highest BCUT2D eigenvalue weighted by Crippen LogP contribution is 2.34. The molecule has 0 saturated heterocycles. The number of methoxy groups -OCH3 is 1. The van der Waals surface area contributed by atoms with Crippen molar-refractivity contribution in [3.8, 4) is 11.5 Å². The molecule has 3 rings (SSSR count). The van der Waals surface area contributed by atoms with Gasteiger partial charge in [-0.05, 0) is 106 Å². The minimum absolute atomic E-state index is 0.179. The number of ether oxygens (including phenoxy) is 1. The van der Waals surface area contributed by atoms with Gasteiger partial charge in [0.2, 0.25) is 0 Å². The highest BCUT2D eigenvalue weighted by molar-refractivity contribution is 14.1. The zero-order valence-electron chi connectivity index (χ0n) is 15.6. The van der Waals surface area contributed by atoms with Gasteiger partial charge < -0.3 is 31.1 Å².